The number of fused-ring (bicyclic) bond motifs is 7. The number of rotatable bonds is 6. The molecule has 0 unspecified atom stereocenters. The van der Waals surface area contributed by atoms with Gasteiger partial charge in [-0.15, -0.1) is 0 Å². The summed E-state index contributed by atoms with van der Waals surface area (Å²) in [6.45, 7) is 0. The summed E-state index contributed by atoms with van der Waals surface area (Å²) in [6, 6.07) is 76.5. The predicted octanol–water partition coefficient (Wildman–Crippen LogP) is 15.5. The van der Waals surface area contributed by atoms with Gasteiger partial charge in [-0.25, -0.2) is 0 Å². The molecule has 0 saturated carbocycles. The summed E-state index contributed by atoms with van der Waals surface area (Å²) in [7, 11) is 0. The van der Waals surface area contributed by atoms with Crippen molar-refractivity contribution in [1.29, 1.82) is 0 Å². The van der Waals surface area contributed by atoms with Gasteiger partial charge in [0.25, 0.3) is 0 Å². The van der Waals surface area contributed by atoms with Crippen molar-refractivity contribution in [3.05, 3.63) is 212 Å². The zero-order valence-corrected chi connectivity index (χ0v) is 30.6. The molecular weight excluding hydrogens is 679 g/mol. The van der Waals surface area contributed by atoms with Crippen LogP contribution >= 0.6 is 0 Å². The molecule has 1 heterocycles. The maximum atomic E-state index is 6.69. The van der Waals surface area contributed by atoms with Gasteiger partial charge in [-0.3, -0.25) is 0 Å². The number of anilines is 3. The van der Waals surface area contributed by atoms with E-state index in [0.717, 1.165) is 50.1 Å². The third-order valence-corrected chi connectivity index (χ3v) is 11.2. The van der Waals surface area contributed by atoms with E-state index in [0.29, 0.717) is 0 Å². The van der Waals surface area contributed by atoms with Gasteiger partial charge >= 0.3 is 0 Å². The molecule has 0 aliphatic carbocycles. The van der Waals surface area contributed by atoms with E-state index >= 15 is 0 Å². The average Bonchev–Trinajstić information content (AvgIpc) is 3.66. The molecule has 0 atom stereocenters. The third-order valence-electron chi connectivity index (χ3n) is 11.2. The van der Waals surface area contributed by atoms with Crippen molar-refractivity contribution in [2.75, 3.05) is 4.90 Å². The first kappa shape index (κ1) is 32.0. The molecule has 2 heteroatoms. The molecule has 11 rings (SSSR count). The first-order valence-electron chi connectivity index (χ1n) is 19.2. The van der Waals surface area contributed by atoms with Gasteiger partial charge in [0.2, 0.25) is 0 Å². The van der Waals surface area contributed by atoms with E-state index in [-0.39, 0.29) is 0 Å². The Labute approximate surface area is 325 Å². The molecule has 11 aromatic rings. The van der Waals surface area contributed by atoms with Gasteiger partial charge in [0.15, 0.2) is 5.58 Å². The van der Waals surface area contributed by atoms with Crippen LogP contribution in [-0.4, -0.2) is 0 Å². The number of benzene rings is 10. The van der Waals surface area contributed by atoms with Crippen molar-refractivity contribution in [3.8, 4) is 33.4 Å². The molecule has 0 aliphatic heterocycles. The topological polar surface area (TPSA) is 16.4 Å². The molecule has 0 radical (unpaired) electrons. The second-order valence-corrected chi connectivity index (χ2v) is 14.5. The van der Waals surface area contributed by atoms with Gasteiger partial charge < -0.3 is 9.32 Å². The van der Waals surface area contributed by atoms with E-state index in [1.54, 1.807) is 0 Å². The first-order chi connectivity index (χ1) is 27.8. The number of nitrogens with zero attached hydrogens (tertiary/aromatic N) is 1. The zero-order valence-electron chi connectivity index (χ0n) is 30.6. The van der Waals surface area contributed by atoms with E-state index in [4.69, 9.17) is 4.42 Å². The molecule has 1 aromatic heterocycles. The van der Waals surface area contributed by atoms with Crippen LogP contribution in [0.2, 0.25) is 0 Å². The Kier molecular flexibility index (Phi) is 7.53. The Hall–Kier alpha value is -7.42. The Bertz CT molecular complexity index is 3260. The van der Waals surface area contributed by atoms with Crippen LogP contribution < -0.4 is 4.90 Å². The molecule has 0 N–H and O–H groups in total. The molecule has 0 saturated heterocycles. The second kappa shape index (κ2) is 13.2. The van der Waals surface area contributed by atoms with E-state index < -0.39 is 0 Å². The summed E-state index contributed by atoms with van der Waals surface area (Å²) in [5.74, 6) is 0. The summed E-state index contributed by atoms with van der Waals surface area (Å²) in [5, 5.41) is 9.75. The third kappa shape index (κ3) is 5.34. The van der Waals surface area contributed by atoms with E-state index in [1.807, 2.05) is 6.07 Å². The van der Waals surface area contributed by atoms with Crippen molar-refractivity contribution in [2.24, 2.45) is 0 Å². The summed E-state index contributed by atoms with van der Waals surface area (Å²) in [5.41, 5.74) is 11.9. The van der Waals surface area contributed by atoms with Gasteiger partial charge in [0.05, 0.1) is 11.4 Å². The van der Waals surface area contributed by atoms with E-state index in [2.05, 4.69) is 211 Å². The average molecular weight is 714 g/mol. The van der Waals surface area contributed by atoms with Crippen LogP contribution in [0.4, 0.5) is 17.1 Å². The van der Waals surface area contributed by atoms with Gasteiger partial charge in [-0.2, -0.15) is 0 Å². The van der Waals surface area contributed by atoms with Crippen LogP contribution in [0.3, 0.4) is 0 Å². The Balaban J connectivity index is 1.07. The van der Waals surface area contributed by atoms with Crippen molar-refractivity contribution in [2.45, 2.75) is 0 Å². The lowest BCUT2D eigenvalue weighted by Gasteiger charge is -2.28. The van der Waals surface area contributed by atoms with Gasteiger partial charge in [0.1, 0.15) is 5.58 Å². The van der Waals surface area contributed by atoms with Crippen molar-refractivity contribution < 1.29 is 4.42 Å². The van der Waals surface area contributed by atoms with E-state index in [1.165, 1.54) is 54.6 Å². The smallest absolute Gasteiger partial charge is 0.159 e. The quantitative estimate of drug-likeness (QED) is 0.160. The monoisotopic (exact) mass is 713 g/mol. The zero-order chi connectivity index (χ0) is 37.0. The Morgan fingerprint density at radius 2 is 0.875 bits per heavy atom. The highest BCUT2D eigenvalue weighted by Crippen LogP contribution is 2.46. The molecule has 262 valence electrons. The van der Waals surface area contributed by atoms with Crippen LogP contribution in [0.25, 0.3) is 87.6 Å². The van der Waals surface area contributed by atoms with Crippen LogP contribution in [0.15, 0.2) is 217 Å². The minimum Gasteiger partial charge on any atom is -0.454 e. The highest BCUT2D eigenvalue weighted by molar-refractivity contribution is 6.11. The lowest BCUT2D eigenvalue weighted by Crippen LogP contribution is -2.11. The van der Waals surface area contributed by atoms with Crippen LogP contribution in [0.1, 0.15) is 0 Å². The minimum atomic E-state index is 0.860. The lowest BCUT2D eigenvalue weighted by molar-refractivity contribution is 0.669. The fraction of sp³-hybridized carbons (Fsp3) is 0. The minimum absolute atomic E-state index is 0.860. The lowest BCUT2D eigenvalue weighted by atomic mass is 9.94. The normalized spacial score (nSPS) is 11.6. The number of furan rings is 1. The van der Waals surface area contributed by atoms with Gasteiger partial charge in [0, 0.05) is 22.0 Å². The summed E-state index contributed by atoms with van der Waals surface area (Å²) >= 11 is 0. The largest absolute Gasteiger partial charge is 0.454 e. The molecule has 0 amide bonds. The first-order valence-corrected chi connectivity index (χ1v) is 19.2. The highest BCUT2D eigenvalue weighted by Gasteiger charge is 2.22. The van der Waals surface area contributed by atoms with E-state index in [9.17, 15) is 0 Å². The Morgan fingerprint density at radius 1 is 0.304 bits per heavy atom. The number of para-hydroxylation sites is 3. The predicted molar refractivity (Wildman–Crippen MR) is 237 cm³/mol. The molecule has 10 aromatic carbocycles. The van der Waals surface area contributed by atoms with Crippen molar-refractivity contribution in [1.82, 2.24) is 0 Å². The maximum Gasteiger partial charge on any atom is 0.159 e. The molecular formula is C54H35NO. The molecule has 0 spiro atoms. The molecule has 0 fully saturated rings. The van der Waals surface area contributed by atoms with Crippen molar-refractivity contribution >= 4 is 71.3 Å². The summed E-state index contributed by atoms with van der Waals surface area (Å²) in [4.78, 5) is 2.36. The van der Waals surface area contributed by atoms with Crippen LogP contribution in [0.5, 0.6) is 0 Å². The number of hydrogen-bond acceptors (Lipinski definition) is 2. The number of hydrogen-bond donors (Lipinski definition) is 0. The molecule has 0 bridgehead atoms. The second-order valence-electron chi connectivity index (χ2n) is 14.5. The fourth-order valence-corrected chi connectivity index (χ4v) is 8.56. The van der Waals surface area contributed by atoms with Crippen molar-refractivity contribution in [3.63, 3.8) is 0 Å². The fourth-order valence-electron chi connectivity index (χ4n) is 8.56. The highest BCUT2D eigenvalue weighted by atomic mass is 16.3. The standard InChI is InChI=1S/C54H35NO/c1-3-17-44-37(12-1)14-10-21-46(44)40-15-9-16-41(35-40)48-19-5-7-23-51(48)55(52-24-11-22-50-49-20-6-8-25-53(49)56-54(50)52)43-31-28-36(29-32-43)39-30-33-47-42(34-39)27-26-38-13-2-4-18-45(38)47/h1-35H. The molecule has 56 heavy (non-hydrogen) atoms. The summed E-state index contributed by atoms with van der Waals surface area (Å²) in [6.07, 6.45) is 0. The molecule has 2 nitrogen and oxygen atoms in total. The van der Waals surface area contributed by atoms with Gasteiger partial charge in [-0.05, 0) is 103 Å². The maximum absolute atomic E-state index is 6.69. The SMILES string of the molecule is c1cc(-c2ccccc2N(c2ccc(-c3ccc4c(ccc5ccccc54)c3)cc2)c2cccc3c2oc2ccccc23)cc(-c2cccc3ccccc23)c1. The van der Waals surface area contributed by atoms with Gasteiger partial charge in [-0.1, -0.05) is 170 Å². The summed E-state index contributed by atoms with van der Waals surface area (Å²) < 4.78 is 6.69. The Morgan fingerprint density at radius 3 is 1.75 bits per heavy atom. The van der Waals surface area contributed by atoms with Crippen LogP contribution in [0, 0.1) is 0 Å². The van der Waals surface area contributed by atoms with Crippen LogP contribution in [-0.2, 0) is 0 Å². The molecule has 0 aliphatic rings.